The molecular weight excluding hydrogens is 356 g/mol. The Hall–Kier alpha value is -2.84. The molecule has 0 aliphatic carbocycles. The van der Waals surface area contributed by atoms with Gasteiger partial charge in [0.1, 0.15) is 5.82 Å². The summed E-state index contributed by atoms with van der Waals surface area (Å²) in [5.41, 5.74) is 2.12. The Morgan fingerprint density at radius 1 is 1.25 bits per heavy atom. The van der Waals surface area contributed by atoms with Gasteiger partial charge in [0, 0.05) is 44.4 Å². The number of rotatable bonds is 8. The van der Waals surface area contributed by atoms with Gasteiger partial charge in [-0.05, 0) is 49.2 Å². The van der Waals surface area contributed by atoms with Gasteiger partial charge in [0.05, 0.1) is 12.6 Å². The Balaban J connectivity index is 1.47. The third-order valence-electron chi connectivity index (χ3n) is 4.86. The largest absolute Gasteiger partial charge is 0.383 e. The quantitative estimate of drug-likeness (QED) is 0.597. The van der Waals surface area contributed by atoms with E-state index >= 15 is 0 Å². The van der Waals surface area contributed by atoms with Gasteiger partial charge >= 0.3 is 0 Å². The summed E-state index contributed by atoms with van der Waals surface area (Å²) in [5, 5.41) is 7.42. The van der Waals surface area contributed by atoms with Crippen molar-refractivity contribution in [3.8, 4) is 11.4 Å². The van der Waals surface area contributed by atoms with Gasteiger partial charge in [0.15, 0.2) is 0 Å². The van der Waals surface area contributed by atoms with Crippen LogP contribution in [-0.2, 0) is 11.3 Å². The molecule has 0 spiro atoms. The molecule has 0 saturated carbocycles. The number of hydrogen-bond acceptors (Lipinski definition) is 8. The molecule has 28 heavy (non-hydrogen) atoms. The molecule has 0 bridgehead atoms. The fourth-order valence-electron chi connectivity index (χ4n) is 3.45. The van der Waals surface area contributed by atoms with Crippen LogP contribution in [0.25, 0.3) is 11.4 Å². The van der Waals surface area contributed by atoms with Gasteiger partial charge in [-0.2, -0.15) is 4.98 Å². The summed E-state index contributed by atoms with van der Waals surface area (Å²) in [4.78, 5) is 15.5. The van der Waals surface area contributed by atoms with E-state index in [9.17, 15) is 0 Å². The molecule has 1 aliphatic rings. The number of aromatic nitrogens is 4. The third-order valence-corrected chi connectivity index (χ3v) is 4.86. The minimum Gasteiger partial charge on any atom is -0.383 e. The van der Waals surface area contributed by atoms with E-state index in [1.165, 1.54) is 5.56 Å². The average molecular weight is 380 g/mol. The van der Waals surface area contributed by atoms with Crippen LogP contribution in [0.2, 0.25) is 0 Å². The van der Waals surface area contributed by atoms with Gasteiger partial charge in [0.25, 0.3) is 0 Å². The molecule has 8 heteroatoms. The number of nitrogens with one attached hydrogen (secondary N) is 1. The lowest BCUT2D eigenvalue weighted by atomic mass is 10.2. The van der Waals surface area contributed by atoms with Crippen molar-refractivity contribution in [2.24, 2.45) is 0 Å². The first-order valence-corrected chi connectivity index (χ1v) is 9.49. The first-order valence-electron chi connectivity index (χ1n) is 9.49. The van der Waals surface area contributed by atoms with E-state index in [2.05, 4.69) is 30.3 Å². The molecule has 146 valence electrons. The van der Waals surface area contributed by atoms with Crippen LogP contribution < -0.4 is 5.32 Å². The highest BCUT2D eigenvalue weighted by Gasteiger charge is 2.30. The monoisotopic (exact) mass is 380 g/mol. The summed E-state index contributed by atoms with van der Waals surface area (Å²) in [5.74, 6) is 2.02. The zero-order valence-corrected chi connectivity index (χ0v) is 15.9. The third kappa shape index (κ3) is 4.35. The molecule has 4 rings (SSSR count). The molecule has 1 N–H and O–H groups in total. The number of methoxy groups -OCH3 is 1. The van der Waals surface area contributed by atoms with Gasteiger partial charge in [-0.1, -0.05) is 5.16 Å². The summed E-state index contributed by atoms with van der Waals surface area (Å²) in [6, 6.07) is 8.05. The minimum absolute atomic E-state index is 0.149. The molecule has 1 aliphatic heterocycles. The lowest BCUT2D eigenvalue weighted by Crippen LogP contribution is -2.23. The van der Waals surface area contributed by atoms with Crippen LogP contribution in [0.4, 0.5) is 5.82 Å². The highest BCUT2D eigenvalue weighted by atomic mass is 16.5. The fraction of sp³-hybridized carbons (Fsp3) is 0.400. The van der Waals surface area contributed by atoms with E-state index in [-0.39, 0.29) is 6.04 Å². The molecule has 0 amide bonds. The van der Waals surface area contributed by atoms with Gasteiger partial charge < -0.3 is 14.6 Å². The summed E-state index contributed by atoms with van der Waals surface area (Å²) in [7, 11) is 1.67. The average Bonchev–Trinajstić information content (AvgIpc) is 3.39. The van der Waals surface area contributed by atoms with Crippen molar-refractivity contribution in [2.75, 3.05) is 32.1 Å². The molecule has 1 fully saturated rings. The molecule has 3 aromatic rings. The Morgan fingerprint density at radius 2 is 2.14 bits per heavy atom. The molecule has 8 nitrogen and oxygen atoms in total. The van der Waals surface area contributed by atoms with Crippen molar-refractivity contribution < 1.29 is 9.26 Å². The number of ether oxygens (including phenoxy) is 1. The van der Waals surface area contributed by atoms with Crippen molar-refractivity contribution >= 4 is 5.82 Å². The van der Waals surface area contributed by atoms with Crippen LogP contribution >= 0.6 is 0 Å². The number of likely N-dealkylation sites (tertiary alicyclic amines) is 1. The first-order chi connectivity index (χ1) is 13.8. The van der Waals surface area contributed by atoms with Crippen LogP contribution in [0.5, 0.6) is 0 Å². The van der Waals surface area contributed by atoms with Crippen LogP contribution in [0.15, 0.2) is 47.4 Å². The Bertz CT molecular complexity index is 885. The van der Waals surface area contributed by atoms with E-state index in [0.29, 0.717) is 24.9 Å². The van der Waals surface area contributed by atoms with Crippen LogP contribution in [0.1, 0.15) is 30.3 Å². The van der Waals surface area contributed by atoms with Crippen molar-refractivity contribution in [1.82, 2.24) is 25.0 Å². The standard InChI is InChI=1S/C20H24N6O2/c1-27-12-10-23-18-13-16(6-9-22-18)19-24-20(28-25-19)17-3-2-11-26(17)14-15-4-7-21-8-5-15/h4-9,13,17H,2-3,10-12,14H2,1H3,(H,22,23)/t17-/m0/s1. The summed E-state index contributed by atoms with van der Waals surface area (Å²) < 4.78 is 10.7. The molecule has 0 aromatic carbocycles. The van der Waals surface area contributed by atoms with Crippen LogP contribution in [0.3, 0.4) is 0 Å². The van der Waals surface area contributed by atoms with Gasteiger partial charge in [0.2, 0.25) is 11.7 Å². The normalized spacial score (nSPS) is 17.1. The van der Waals surface area contributed by atoms with Crippen LogP contribution in [-0.4, -0.2) is 51.8 Å². The lowest BCUT2D eigenvalue weighted by molar-refractivity contribution is 0.201. The minimum atomic E-state index is 0.149. The first kappa shape index (κ1) is 18.5. The summed E-state index contributed by atoms with van der Waals surface area (Å²) in [6.07, 6.45) is 7.54. The van der Waals surface area contributed by atoms with Crippen molar-refractivity contribution in [1.29, 1.82) is 0 Å². The number of anilines is 1. The topological polar surface area (TPSA) is 89.2 Å². The SMILES string of the molecule is COCCNc1cc(-c2noc([C@@H]3CCCN3Cc3ccncc3)n2)ccn1. The molecule has 0 radical (unpaired) electrons. The highest BCUT2D eigenvalue weighted by Crippen LogP contribution is 2.33. The number of pyridine rings is 2. The number of nitrogens with zero attached hydrogens (tertiary/aromatic N) is 5. The van der Waals surface area contributed by atoms with Crippen molar-refractivity contribution in [3.05, 3.63) is 54.3 Å². The smallest absolute Gasteiger partial charge is 0.244 e. The maximum absolute atomic E-state index is 5.63. The molecule has 3 aromatic heterocycles. The predicted octanol–water partition coefficient (Wildman–Crippen LogP) is 2.92. The van der Waals surface area contributed by atoms with E-state index in [1.807, 2.05) is 36.7 Å². The van der Waals surface area contributed by atoms with E-state index in [4.69, 9.17) is 9.26 Å². The second-order valence-electron chi connectivity index (χ2n) is 6.79. The van der Waals surface area contributed by atoms with Crippen molar-refractivity contribution in [2.45, 2.75) is 25.4 Å². The lowest BCUT2D eigenvalue weighted by Gasteiger charge is -2.21. The summed E-state index contributed by atoms with van der Waals surface area (Å²) in [6.45, 7) is 3.19. The second-order valence-corrected chi connectivity index (χ2v) is 6.79. The highest BCUT2D eigenvalue weighted by molar-refractivity contribution is 5.58. The van der Waals surface area contributed by atoms with Gasteiger partial charge in [-0.3, -0.25) is 9.88 Å². The molecular formula is C20H24N6O2. The zero-order chi connectivity index (χ0) is 19.2. The van der Waals surface area contributed by atoms with Crippen LogP contribution in [0, 0.1) is 0 Å². The molecule has 1 saturated heterocycles. The molecule has 4 heterocycles. The van der Waals surface area contributed by atoms with Gasteiger partial charge in [-0.25, -0.2) is 4.98 Å². The van der Waals surface area contributed by atoms with E-state index in [0.717, 1.165) is 37.3 Å². The Morgan fingerprint density at radius 3 is 3.00 bits per heavy atom. The Labute approximate surface area is 164 Å². The maximum atomic E-state index is 5.63. The van der Waals surface area contributed by atoms with Crippen molar-refractivity contribution in [3.63, 3.8) is 0 Å². The predicted molar refractivity (Wildman–Crippen MR) is 105 cm³/mol. The summed E-state index contributed by atoms with van der Waals surface area (Å²) >= 11 is 0. The number of hydrogen-bond donors (Lipinski definition) is 1. The van der Waals surface area contributed by atoms with E-state index < -0.39 is 0 Å². The van der Waals surface area contributed by atoms with E-state index in [1.54, 1.807) is 13.3 Å². The Kier molecular flexibility index (Phi) is 5.89. The molecule has 1 atom stereocenters. The maximum Gasteiger partial charge on any atom is 0.244 e. The zero-order valence-electron chi connectivity index (χ0n) is 15.9. The van der Waals surface area contributed by atoms with Gasteiger partial charge in [-0.15, -0.1) is 0 Å². The second kappa shape index (κ2) is 8.90. The fourth-order valence-corrected chi connectivity index (χ4v) is 3.45. The molecule has 0 unspecified atom stereocenters.